The van der Waals surface area contributed by atoms with Crippen LogP contribution in [0.15, 0.2) is 0 Å². The van der Waals surface area contributed by atoms with E-state index in [1.54, 1.807) is 0 Å². The molecular formula is C12H24N2OS. The summed E-state index contributed by atoms with van der Waals surface area (Å²) in [7, 11) is 0. The lowest BCUT2D eigenvalue weighted by Gasteiger charge is -2.32. The minimum absolute atomic E-state index is 0.319. The van der Waals surface area contributed by atoms with Gasteiger partial charge in [0.15, 0.2) is 0 Å². The Morgan fingerprint density at radius 2 is 2.38 bits per heavy atom. The summed E-state index contributed by atoms with van der Waals surface area (Å²) in [4.78, 5) is 14.0. The predicted octanol–water partition coefficient (Wildman–Crippen LogP) is 1.72. The zero-order valence-corrected chi connectivity index (χ0v) is 11.3. The molecule has 0 aliphatic carbocycles. The molecule has 4 heteroatoms. The first-order valence-electron chi connectivity index (χ1n) is 6.26. The van der Waals surface area contributed by atoms with Crippen LogP contribution in [0.1, 0.15) is 33.1 Å². The second-order valence-electron chi connectivity index (χ2n) is 4.62. The Morgan fingerprint density at radius 3 is 3.00 bits per heavy atom. The molecule has 1 heterocycles. The van der Waals surface area contributed by atoms with Gasteiger partial charge in [-0.05, 0) is 25.3 Å². The lowest BCUT2D eigenvalue weighted by Crippen LogP contribution is -2.41. The van der Waals surface area contributed by atoms with Crippen molar-refractivity contribution in [1.82, 2.24) is 4.90 Å². The highest BCUT2D eigenvalue weighted by molar-refractivity contribution is 8.00. The number of thioether (sulfide) groups is 1. The van der Waals surface area contributed by atoms with Crippen molar-refractivity contribution in [2.24, 2.45) is 11.7 Å². The fraction of sp³-hybridized carbons (Fsp3) is 0.917. The average molecular weight is 244 g/mol. The molecule has 0 radical (unpaired) electrons. The second-order valence-corrected chi connectivity index (χ2v) is 6.03. The van der Waals surface area contributed by atoms with Crippen molar-refractivity contribution >= 4 is 17.7 Å². The Balaban J connectivity index is 2.30. The maximum atomic E-state index is 12.0. The van der Waals surface area contributed by atoms with Gasteiger partial charge in [-0.25, -0.2) is 0 Å². The molecule has 1 amide bonds. The van der Waals surface area contributed by atoms with Crippen LogP contribution in [0.25, 0.3) is 0 Å². The van der Waals surface area contributed by atoms with Gasteiger partial charge in [-0.2, -0.15) is 11.8 Å². The van der Waals surface area contributed by atoms with Crippen molar-refractivity contribution in [2.75, 3.05) is 25.4 Å². The van der Waals surface area contributed by atoms with E-state index in [2.05, 4.69) is 13.8 Å². The molecule has 0 aromatic rings. The molecule has 16 heavy (non-hydrogen) atoms. The molecule has 2 atom stereocenters. The Morgan fingerprint density at radius 1 is 1.62 bits per heavy atom. The topological polar surface area (TPSA) is 46.3 Å². The van der Waals surface area contributed by atoms with Crippen molar-refractivity contribution < 1.29 is 4.79 Å². The largest absolute Gasteiger partial charge is 0.341 e. The van der Waals surface area contributed by atoms with Gasteiger partial charge in [-0.3, -0.25) is 4.79 Å². The van der Waals surface area contributed by atoms with Crippen LogP contribution in [0.3, 0.4) is 0 Å². The summed E-state index contributed by atoms with van der Waals surface area (Å²) >= 11 is 2.00. The van der Waals surface area contributed by atoms with E-state index in [1.807, 2.05) is 16.7 Å². The molecule has 0 aromatic carbocycles. The van der Waals surface area contributed by atoms with Crippen LogP contribution >= 0.6 is 11.8 Å². The van der Waals surface area contributed by atoms with Crippen molar-refractivity contribution in [3.05, 3.63) is 0 Å². The lowest BCUT2D eigenvalue weighted by molar-refractivity contribution is -0.131. The van der Waals surface area contributed by atoms with Gasteiger partial charge in [0.2, 0.25) is 5.91 Å². The molecular weight excluding hydrogens is 220 g/mol. The molecule has 1 fully saturated rings. The van der Waals surface area contributed by atoms with E-state index in [9.17, 15) is 4.79 Å². The average Bonchev–Trinajstić information content (AvgIpc) is 2.35. The van der Waals surface area contributed by atoms with Crippen molar-refractivity contribution in [1.29, 1.82) is 0 Å². The molecule has 3 nitrogen and oxygen atoms in total. The van der Waals surface area contributed by atoms with Crippen LogP contribution in [0.4, 0.5) is 0 Å². The van der Waals surface area contributed by atoms with Gasteiger partial charge in [-0.1, -0.05) is 13.8 Å². The van der Waals surface area contributed by atoms with Crippen molar-refractivity contribution in [3.63, 3.8) is 0 Å². The third-order valence-corrected chi connectivity index (χ3v) is 4.57. The molecule has 1 aliphatic heterocycles. The maximum absolute atomic E-state index is 12.0. The first-order chi connectivity index (χ1) is 7.67. The molecule has 0 saturated carbocycles. The van der Waals surface area contributed by atoms with E-state index < -0.39 is 0 Å². The molecule has 1 aliphatic rings. The summed E-state index contributed by atoms with van der Waals surface area (Å²) in [5, 5.41) is 0.643. The second kappa shape index (κ2) is 7.17. The number of rotatable bonds is 5. The Kier molecular flexibility index (Phi) is 6.21. The van der Waals surface area contributed by atoms with Crippen LogP contribution in [0.5, 0.6) is 0 Å². The van der Waals surface area contributed by atoms with E-state index in [1.165, 1.54) is 0 Å². The summed E-state index contributed by atoms with van der Waals surface area (Å²) in [6, 6.07) is 0. The lowest BCUT2D eigenvalue weighted by atomic mass is 10.1. The van der Waals surface area contributed by atoms with E-state index in [0.717, 1.165) is 31.7 Å². The summed E-state index contributed by atoms with van der Waals surface area (Å²) in [6.45, 7) is 6.85. The number of amides is 1. The van der Waals surface area contributed by atoms with E-state index in [-0.39, 0.29) is 0 Å². The molecule has 1 rings (SSSR count). The van der Waals surface area contributed by atoms with Gasteiger partial charge in [0.05, 0.1) is 0 Å². The third-order valence-electron chi connectivity index (χ3n) is 3.20. The zero-order chi connectivity index (χ0) is 12.0. The molecule has 94 valence electrons. The quantitative estimate of drug-likeness (QED) is 0.801. The van der Waals surface area contributed by atoms with E-state index in [4.69, 9.17) is 5.73 Å². The van der Waals surface area contributed by atoms with Crippen LogP contribution in [0.2, 0.25) is 0 Å². The minimum atomic E-state index is 0.319. The van der Waals surface area contributed by atoms with Gasteiger partial charge < -0.3 is 10.6 Å². The van der Waals surface area contributed by atoms with Crippen LogP contribution in [-0.4, -0.2) is 41.4 Å². The molecule has 1 saturated heterocycles. The monoisotopic (exact) mass is 244 g/mol. The fourth-order valence-corrected chi connectivity index (χ4v) is 3.02. The van der Waals surface area contributed by atoms with Crippen LogP contribution in [-0.2, 0) is 4.79 Å². The van der Waals surface area contributed by atoms with Gasteiger partial charge in [-0.15, -0.1) is 0 Å². The number of hydrogen-bond donors (Lipinski definition) is 1. The number of carbonyl (C=O) groups is 1. The normalized spacial score (nSPS) is 23.2. The van der Waals surface area contributed by atoms with Gasteiger partial charge in [0.25, 0.3) is 0 Å². The molecule has 0 bridgehead atoms. The van der Waals surface area contributed by atoms with Crippen molar-refractivity contribution in [2.45, 2.75) is 38.4 Å². The first kappa shape index (κ1) is 13.8. The number of hydrogen-bond acceptors (Lipinski definition) is 3. The highest BCUT2D eigenvalue weighted by Crippen LogP contribution is 2.21. The number of nitrogens with zero attached hydrogens (tertiary/aromatic N) is 1. The minimum Gasteiger partial charge on any atom is -0.341 e. The SMILES string of the molecule is CCC1CN(C(=O)CCC(C)CN)CCS1. The number of nitrogens with two attached hydrogens (primary N) is 1. The molecule has 0 spiro atoms. The third kappa shape index (κ3) is 4.34. The summed E-state index contributed by atoms with van der Waals surface area (Å²) in [5.74, 6) is 1.88. The first-order valence-corrected chi connectivity index (χ1v) is 7.31. The van der Waals surface area contributed by atoms with E-state index >= 15 is 0 Å². The predicted molar refractivity (Wildman–Crippen MR) is 70.6 cm³/mol. The van der Waals surface area contributed by atoms with Crippen molar-refractivity contribution in [3.8, 4) is 0 Å². The summed E-state index contributed by atoms with van der Waals surface area (Å²) < 4.78 is 0. The highest BCUT2D eigenvalue weighted by atomic mass is 32.2. The Labute approximate surface area is 103 Å². The zero-order valence-electron chi connectivity index (χ0n) is 10.4. The van der Waals surface area contributed by atoms with Gasteiger partial charge in [0.1, 0.15) is 0 Å². The highest BCUT2D eigenvalue weighted by Gasteiger charge is 2.22. The van der Waals surface area contributed by atoms with E-state index in [0.29, 0.717) is 30.0 Å². The molecule has 0 aromatic heterocycles. The van der Waals surface area contributed by atoms with Crippen LogP contribution < -0.4 is 5.73 Å². The molecule has 2 unspecified atom stereocenters. The Hall–Kier alpha value is -0.220. The summed E-state index contributed by atoms with van der Waals surface area (Å²) in [5.41, 5.74) is 5.55. The smallest absolute Gasteiger partial charge is 0.222 e. The maximum Gasteiger partial charge on any atom is 0.222 e. The number of carbonyl (C=O) groups excluding carboxylic acids is 1. The fourth-order valence-electron chi connectivity index (χ4n) is 1.84. The molecule has 2 N–H and O–H groups in total. The van der Waals surface area contributed by atoms with Gasteiger partial charge >= 0.3 is 0 Å². The Bertz CT molecular complexity index is 223. The van der Waals surface area contributed by atoms with Crippen LogP contribution in [0, 0.1) is 5.92 Å². The standard InChI is InChI=1S/C12H24N2OS/c1-3-11-9-14(6-7-16-11)12(15)5-4-10(2)8-13/h10-11H,3-9,13H2,1-2H3. The van der Waals surface area contributed by atoms with Gasteiger partial charge in [0, 0.05) is 30.5 Å². The summed E-state index contributed by atoms with van der Waals surface area (Å²) in [6.07, 6.45) is 2.75.